The minimum absolute atomic E-state index is 0.0545. The highest BCUT2D eigenvalue weighted by Crippen LogP contribution is 2.40. The summed E-state index contributed by atoms with van der Waals surface area (Å²) in [4.78, 5) is 0. The topological polar surface area (TPSA) is 49.0 Å². The lowest BCUT2D eigenvalue weighted by Gasteiger charge is -2.32. The Hall–Kier alpha value is -0.200. The number of rotatable bonds is 4. The standard InChI is InChI=1S/C19H33NO4/c1-21-18-15(20-14-8-4-2-5-9-14)12-16(23-18)17-13-22-19(24-17)10-6-3-7-11-19/h14-18,20H,2-13H2,1H3/t15-,16-,17+,18-/m0/s1. The third-order valence-electron chi connectivity index (χ3n) is 6.32. The van der Waals surface area contributed by atoms with Gasteiger partial charge in [0.15, 0.2) is 12.1 Å². The first-order chi connectivity index (χ1) is 11.8. The minimum atomic E-state index is -0.316. The average Bonchev–Trinajstić information content (AvgIpc) is 3.21. The smallest absolute Gasteiger partial charge is 0.172 e. The molecule has 138 valence electrons. The summed E-state index contributed by atoms with van der Waals surface area (Å²) in [5.74, 6) is -0.316. The first-order valence-corrected chi connectivity index (χ1v) is 10.0. The van der Waals surface area contributed by atoms with Crippen LogP contribution in [0.1, 0.15) is 70.6 Å². The van der Waals surface area contributed by atoms with Crippen molar-refractivity contribution in [3.8, 4) is 0 Å². The number of methoxy groups -OCH3 is 1. The Morgan fingerprint density at radius 2 is 1.71 bits per heavy atom. The third kappa shape index (κ3) is 3.65. The van der Waals surface area contributed by atoms with Crippen molar-refractivity contribution in [1.29, 1.82) is 0 Å². The van der Waals surface area contributed by atoms with Crippen molar-refractivity contribution < 1.29 is 18.9 Å². The molecule has 2 aliphatic heterocycles. The molecule has 0 bridgehead atoms. The summed E-state index contributed by atoms with van der Waals surface area (Å²) in [5.41, 5.74) is 0. The first kappa shape index (κ1) is 17.2. The van der Waals surface area contributed by atoms with Crippen LogP contribution in [0.2, 0.25) is 0 Å². The lowest BCUT2D eigenvalue weighted by Crippen LogP contribution is -2.44. The highest BCUT2D eigenvalue weighted by molar-refractivity contribution is 4.93. The fraction of sp³-hybridized carbons (Fsp3) is 1.00. The lowest BCUT2D eigenvalue weighted by molar-refractivity contribution is -0.206. The normalized spacial score (nSPS) is 40.4. The summed E-state index contributed by atoms with van der Waals surface area (Å²) < 4.78 is 24.3. The van der Waals surface area contributed by atoms with E-state index in [0.717, 1.165) is 19.3 Å². The molecule has 0 aromatic carbocycles. The monoisotopic (exact) mass is 339 g/mol. The Labute approximate surface area is 145 Å². The van der Waals surface area contributed by atoms with Gasteiger partial charge in [0.2, 0.25) is 0 Å². The number of hydrogen-bond acceptors (Lipinski definition) is 5. The molecule has 4 atom stereocenters. The molecule has 1 N–H and O–H groups in total. The summed E-state index contributed by atoms with van der Waals surface area (Å²) in [5, 5.41) is 3.80. The van der Waals surface area contributed by atoms with E-state index >= 15 is 0 Å². The van der Waals surface area contributed by atoms with Crippen molar-refractivity contribution >= 4 is 0 Å². The van der Waals surface area contributed by atoms with Crippen LogP contribution in [0.25, 0.3) is 0 Å². The molecule has 2 aliphatic carbocycles. The number of nitrogens with one attached hydrogen (secondary N) is 1. The van der Waals surface area contributed by atoms with Gasteiger partial charge in [-0.3, -0.25) is 0 Å². The molecular weight excluding hydrogens is 306 g/mol. The fourth-order valence-electron chi connectivity index (χ4n) is 4.98. The van der Waals surface area contributed by atoms with E-state index in [4.69, 9.17) is 18.9 Å². The first-order valence-electron chi connectivity index (χ1n) is 10.0. The van der Waals surface area contributed by atoms with Gasteiger partial charge in [-0.1, -0.05) is 25.7 Å². The van der Waals surface area contributed by atoms with E-state index in [1.54, 1.807) is 7.11 Å². The molecule has 0 aromatic heterocycles. The van der Waals surface area contributed by atoms with Gasteiger partial charge in [-0.15, -0.1) is 0 Å². The highest BCUT2D eigenvalue weighted by Gasteiger charge is 2.49. The lowest BCUT2D eigenvalue weighted by atomic mass is 9.94. The minimum Gasteiger partial charge on any atom is -0.354 e. The third-order valence-corrected chi connectivity index (χ3v) is 6.32. The van der Waals surface area contributed by atoms with Crippen LogP contribution in [0.15, 0.2) is 0 Å². The molecule has 5 heteroatoms. The Morgan fingerprint density at radius 1 is 0.958 bits per heavy atom. The number of hydrogen-bond donors (Lipinski definition) is 1. The van der Waals surface area contributed by atoms with E-state index in [2.05, 4.69) is 5.32 Å². The predicted molar refractivity (Wildman–Crippen MR) is 90.7 cm³/mol. The molecule has 1 spiro atoms. The van der Waals surface area contributed by atoms with E-state index in [9.17, 15) is 0 Å². The molecule has 2 heterocycles. The summed E-state index contributed by atoms with van der Waals surface area (Å²) in [7, 11) is 1.75. The van der Waals surface area contributed by atoms with Crippen LogP contribution in [-0.4, -0.2) is 50.1 Å². The Kier molecular flexibility index (Phi) is 5.44. The Balaban J connectivity index is 1.33. The van der Waals surface area contributed by atoms with Gasteiger partial charge in [0.25, 0.3) is 0 Å². The molecule has 0 amide bonds. The zero-order chi connectivity index (χ0) is 16.4. The molecule has 4 rings (SSSR count). The van der Waals surface area contributed by atoms with Crippen molar-refractivity contribution in [2.75, 3.05) is 13.7 Å². The molecule has 2 saturated carbocycles. The van der Waals surface area contributed by atoms with E-state index < -0.39 is 0 Å². The molecule has 0 aromatic rings. The molecule has 4 aliphatic rings. The summed E-state index contributed by atoms with van der Waals surface area (Å²) in [6.45, 7) is 0.664. The molecule has 5 nitrogen and oxygen atoms in total. The molecule has 4 fully saturated rings. The molecule has 2 saturated heterocycles. The second-order valence-corrected chi connectivity index (χ2v) is 8.06. The Morgan fingerprint density at radius 3 is 2.46 bits per heavy atom. The fourth-order valence-corrected chi connectivity index (χ4v) is 4.98. The van der Waals surface area contributed by atoms with Gasteiger partial charge < -0.3 is 24.3 Å². The largest absolute Gasteiger partial charge is 0.354 e. The van der Waals surface area contributed by atoms with Crippen molar-refractivity contribution in [2.24, 2.45) is 0 Å². The van der Waals surface area contributed by atoms with Crippen LogP contribution in [0, 0.1) is 0 Å². The zero-order valence-electron chi connectivity index (χ0n) is 15.0. The second kappa shape index (κ2) is 7.58. The van der Waals surface area contributed by atoms with Gasteiger partial charge in [-0.2, -0.15) is 0 Å². The summed E-state index contributed by atoms with van der Waals surface area (Å²) in [6, 6.07) is 0.892. The van der Waals surface area contributed by atoms with Gasteiger partial charge in [0.05, 0.1) is 18.8 Å². The summed E-state index contributed by atoms with van der Waals surface area (Å²) in [6.07, 6.45) is 13.4. The molecule has 0 radical (unpaired) electrons. The van der Waals surface area contributed by atoms with Crippen molar-refractivity contribution in [3.05, 3.63) is 0 Å². The van der Waals surface area contributed by atoms with Crippen LogP contribution in [0.3, 0.4) is 0 Å². The maximum atomic E-state index is 6.37. The summed E-state index contributed by atoms with van der Waals surface area (Å²) >= 11 is 0. The van der Waals surface area contributed by atoms with Crippen molar-refractivity contribution in [1.82, 2.24) is 5.32 Å². The van der Waals surface area contributed by atoms with Gasteiger partial charge >= 0.3 is 0 Å². The maximum absolute atomic E-state index is 6.37. The number of ether oxygens (including phenoxy) is 4. The van der Waals surface area contributed by atoms with Crippen LogP contribution >= 0.6 is 0 Å². The van der Waals surface area contributed by atoms with E-state index in [-0.39, 0.29) is 30.3 Å². The van der Waals surface area contributed by atoms with Crippen LogP contribution in [-0.2, 0) is 18.9 Å². The second-order valence-electron chi connectivity index (χ2n) is 8.06. The van der Waals surface area contributed by atoms with E-state index in [0.29, 0.717) is 12.6 Å². The highest BCUT2D eigenvalue weighted by atomic mass is 16.8. The van der Waals surface area contributed by atoms with Crippen LogP contribution in [0.4, 0.5) is 0 Å². The quantitative estimate of drug-likeness (QED) is 0.853. The van der Waals surface area contributed by atoms with E-state index in [1.165, 1.54) is 51.4 Å². The average molecular weight is 339 g/mol. The van der Waals surface area contributed by atoms with Crippen molar-refractivity contribution in [3.63, 3.8) is 0 Å². The van der Waals surface area contributed by atoms with Gasteiger partial charge in [0, 0.05) is 26.0 Å². The van der Waals surface area contributed by atoms with Crippen molar-refractivity contribution in [2.45, 2.75) is 107 Å². The van der Waals surface area contributed by atoms with Gasteiger partial charge in [0.1, 0.15) is 6.10 Å². The Bertz CT molecular complexity index is 406. The van der Waals surface area contributed by atoms with Crippen LogP contribution in [0.5, 0.6) is 0 Å². The zero-order valence-corrected chi connectivity index (χ0v) is 15.0. The van der Waals surface area contributed by atoms with Gasteiger partial charge in [-0.25, -0.2) is 0 Å². The predicted octanol–water partition coefficient (Wildman–Crippen LogP) is 3.11. The SMILES string of the molecule is CO[C@H]1O[C@H]([C@H]2COC3(CCCCC3)O2)C[C@@H]1NC1CCCCC1. The maximum Gasteiger partial charge on any atom is 0.172 e. The van der Waals surface area contributed by atoms with Crippen LogP contribution < -0.4 is 5.32 Å². The molecule has 24 heavy (non-hydrogen) atoms. The van der Waals surface area contributed by atoms with Gasteiger partial charge in [-0.05, 0) is 32.1 Å². The van der Waals surface area contributed by atoms with E-state index in [1.807, 2.05) is 0 Å². The molecular formula is C19H33NO4. The molecule has 0 unspecified atom stereocenters.